The molecule has 2 heterocycles. The van der Waals surface area contributed by atoms with Gasteiger partial charge in [-0.15, -0.1) is 11.3 Å². The molecule has 1 aliphatic rings. The number of nitrogens with two attached hydrogens (primary N) is 1. The Balaban J connectivity index is 1.49. The molecule has 1 aromatic heterocycles. The van der Waals surface area contributed by atoms with Crippen LogP contribution in [0.1, 0.15) is 14.5 Å². The number of carbonyl (C=O) groups excluding carboxylic acids is 1. The Morgan fingerprint density at radius 3 is 2.86 bits per heavy atom. The minimum Gasteiger partial charge on any atom is -0.486 e. The predicted molar refractivity (Wildman–Crippen MR) is 80.9 cm³/mol. The maximum Gasteiger partial charge on any atom is 0.258 e. The van der Waals surface area contributed by atoms with Crippen LogP contribution < -0.4 is 20.5 Å². The number of carbonyl (C=O) groups is 1. The Hall–Kier alpha value is -2.05. The number of hydrogen-bond donors (Lipinski definition) is 2. The molecular formula is C15H16N2O3S. The third-order valence-electron chi connectivity index (χ3n) is 3.14. The summed E-state index contributed by atoms with van der Waals surface area (Å²) in [6.07, 6.45) is -0.0181. The normalized spacial score (nSPS) is 16.7. The molecule has 110 valence electrons. The molecule has 0 saturated heterocycles. The lowest BCUT2D eigenvalue weighted by molar-refractivity contribution is 0.0903. The first-order chi connectivity index (χ1) is 10.2. The van der Waals surface area contributed by atoms with E-state index >= 15 is 0 Å². The van der Waals surface area contributed by atoms with Crippen LogP contribution in [-0.4, -0.2) is 25.2 Å². The summed E-state index contributed by atoms with van der Waals surface area (Å²) >= 11 is 1.41. The molecule has 0 radical (unpaired) electrons. The molecule has 0 bridgehead atoms. The van der Waals surface area contributed by atoms with Gasteiger partial charge in [-0.1, -0.05) is 12.1 Å². The van der Waals surface area contributed by atoms with Crippen LogP contribution in [0.25, 0.3) is 0 Å². The quantitative estimate of drug-likeness (QED) is 0.883. The van der Waals surface area contributed by atoms with Crippen molar-refractivity contribution in [1.82, 2.24) is 5.32 Å². The van der Waals surface area contributed by atoms with Gasteiger partial charge in [-0.2, -0.15) is 0 Å². The third kappa shape index (κ3) is 3.34. The molecular weight excluding hydrogens is 288 g/mol. The molecule has 1 aromatic carbocycles. The second-order valence-electron chi connectivity index (χ2n) is 4.76. The first-order valence-corrected chi connectivity index (χ1v) is 7.52. The van der Waals surface area contributed by atoms with Crippen LogP contribution in [0.5, 0.6) is 11.5 Å². The van der Waals surface area contributed by atoms with Gasteiger partial charge in [0.2, 0.25) is 0 Å². The first kappa shape index (κ1) is 13.9. The van der Waals surface area contributed by atoms with Gasteiger partial charge in [0, 0.05) is 18.0 Å². The molecule has 0 saturated carbocycles. The molecule has 3 rings (SSSR count). The molecule has 6 heteroatoms. The van der Waals surface area contributed by atoms with Gasteiger partial charge in [-0.25, -0.2) is 0 Å². The number of nitrogens with one attached hydrogen (secondary N) is 1. The standard InChI is InChI=1S/C15H16N2O3S/c16-15(18)14-6-5-11(21-14)8-17-7-10-9-19-12-3-1-2-4-13(12)20-10/h1-6,10,17H,7-9H2,(H2,16,18). The second-order valence-corrected chi connectivity index (χ2v) is 5.93. The molecule has 1 atom stereocenters. The average molecular weight is 304 g/mol. The summed E-state index contributed by atoms with van der Waals surface area (Å²) in [5.41, 5.74) is 5.23. The highest BCUT2D eigenvalue weighted by Gasteiger charge is 2.20. The zero-order valence-corrected chi connectivity index (χ0v) is 12.2. The van der Waals surface area contributed by atoms with Crippen molar-refractivity contribution in [2.75, 3.05) is 13.2 Å². The number of primary amides is 1. The van der Waals surface area contributed by atoms with Crippen molar-refractivity contribution >= 4 is 17.2 Å². The summed E-state index contributed by atoms with van der Waals surface area (Å²) in [6, 6.07) is 11.3. The average Bonchev–Trinajstić information content (AvgIpc) is 2.96. The SMILES string of the molecule is NC(=O)c1ccc(CNCC2COc3ccccc3O2)s1. The Morgan fingerprint density at radius 2 is 2.10 bits per heavy atom. The number of ether oxygens (including phenoxy) is 2. The van der Waals surface area contributed by atoms with E-state index in [0.29, 0.717) is 24.6 Å². The van der Waals surface area contributed by atoms with Gasteiger partial charge in [0.1, 0.15) is 12.7 Å². The fourth-order valence-electron chi connectivity index (χ4n) is 2.13. The lowest BCUT2D eigenvalue weighted by Gasteiger charge is -2.26. The topological polar surface area (TPSA) is 73.6 Å². The molecule has 1 unspecified atom stereocenters. The van der Waals surface area contributed by atoms with Crippen molar-refractivity contribution in [2.24, 2.45) is 5.73 Å². The molecule has 0 spiro atoms. The van der Waals surface area contributed by atoms with E-state index in [-0.39, 0.29) is 12.0 Å². The Labute approximate surface area is 126 Å². The molecule has 0 fully saturated rings. The lowest BCUT2D eigenvalue weighted by atomic mass is 10.2. The summed E-state index contributed by atoms with van der Waals surface area (Å²) in [4.78, 5) is 12.7. The third-order valence-corrected chi connectivity index (χ3v) is 4.24. The van der Waals surface area contributed by atoms with E-state index < -0.39 is 0 Å². The van der Waals surface area contributed by atoms with Crippen LogP contribution in [0.15, 0.2) is 36.4 Å². The van der Waals surface area contributed by atoms with E-state index in [1.165, 1.54) is 11.3 Å². The number of hydrogen-bond acceptors (Lipinski definition) is 5. The highest BCUT2D eigenvalue weighted by atomic mass is 32.1. The van der Waals surface area contributed by atoms with Gasteiger partial charge < -0.3 is 20.5 Å². The van der Waals surface area contributed by atoms with Gasteiger partial charge in [0.15, 0.2) is 11.5 Å². The summed E-state index contributed by atoms with van der Waals surface area (Å²) in [7, 11) is 0. The van der Waals surface area contributed by atoms with Gasteiger partial charge in [0.25, 0.3) is 5.91 Å². The van der Waals surface area contributed by atoms with E-state index in [2.05, 4.69) is 5.32 Å². The predicted octanol–water partition coefficient (Wildman–Crippen LogP) is 1.78. The fourth-order valence-corrected chi connectivity index (χ4v) is 2.95. The van der Waals surface area contributed by atoms with Crippen molar-refractivity contribution in [2.45, 2.75) is 12.6 Å². The van der Waals surface area contributed by atoms with Gasteiger partial charge >= 0.3 is 0 Å². The molecule has 5 nitrogen and oxygen atoms in total. The van der Waals surface area contributed by atoms with E-state index in [1.807, 2.05) is 30.3 Å². The van der Waals surface area contributed by atoms with Crippen molar-refractivity contribution < 1.29 is 14.3 Å². The maximum absolute atomic E-state index is 11.0. The number of benzene rings is 1. The van der Waals surface area contributed by atoms with Crippen molar-refractivity contribution in [3.63, 3.8) is 0 Å². The molecule has 2 aromatic rings. The summed E-state index contributed by atoms with van der Waals surface area (Å²) in [6.45, 7) is 1.89. The van der Waals surface area contributed by atoms with Gasteiger partial charge in [0.05, 0.1) is 4.88 Å². The number of thiophene rings is 1. The van der Waals surface area contributed by atoms with Crippen LogP contribution in [0.2, 0.25) is 0 Å². The molecule has 1 aliphatic heterocycles. The molecule has 3 N–H and O–H groups in total. The summed E-state index contributed by atoms with van der Waals surface area (Å²) in [5.74, 6) is 1.19. The Bertz CT molecular complexity index is 641. The molecule has 0 aliphatic carbocycles. The van der Waals surface area contributed by atoms with Crippen LogP contribution in [-0.2, 0) is 6.54 Å². The zero-order valence-electron chi connectivity index (χ0n) is 11.4. The minimum absolute atomic E-state index is 0.0181. The highest BCUT2D eigenvalue weighted by Crippen LogP contribution is 2.30. The number of rotatable bonds is 5. The Morgan fingerprint density at radius 1 is 1.29 bits per heavy atom. The van der Waals surface area contributed by atoms with E-state index in [4.69, 9.17) is 15.2 Å². The lowest BCUT2D eigenvalue weighted by Crippen LogP contribution is -2.38. The monoisotopic (exact) mass is 304 g/mol. The van der Waals surface area contributed by atoms with E-state index in [1.54, 1.807) is 6.07 Å². The Kier molecular flexibility index (Phi) is 4.08. The van der Waals surface area contributed by atoms with Crippen LogP contribution in [0.4, 0.5) is 0 Å². The largest absolute Gasteiger partial charge is 0.486 e. The van der Waals surface area contributed by atoms with Crippen LogP contribution in [0.3, 0.4) is 0 Å². The van der Waals surface area contributed by atoms with Gasteiger partial charge in [-0.05, 0) is 24.3 Å². The van der Waals surface area contributed by atoms with Crippen molar-refractivity contribution in [3.8, 4) is 11.5 Å². The minimum atomic E-state index is -0.383. The number of fused-ring (bicyclic) bond motifs is 1. The van der Waals surface area contributed by atoms with Crippen LogP contribution >= 0.6 is 11.3 Å². The fraction of sp³-hybridized carbons (Fsp3) is 0.267. The van der Waals surface area contributed by atoms with E-state index in [9.17, 15) is 4.79 Å². The maximum atomic E-state index is 11.0. The zero-order chi connectivity index (χ0) is 14.7. The first-order valence-electron chi connectivity index (χ1n) is 6.70. The van der Waals surface area contributed by atoms with Crippen LogP contribution in [0, 0.1) is 0 Å². The van der Waals surface area contributed by atoms with E-state index in [0.717, 1.165) is 16.4 Å². The summed E-state index contributed by atoms with van der Waals surface area (Å²) in [5, 5.41) is 3.31. The second kappa shape index (κ2) is 6.15. The number of para-hydroxylation sites is 2. The smallest absolute Gasteiger partial charge is 0.258 e. The highest BCUT2D eigenvalue weighted by molar-refractivity contribution is 7.14. The molecule has 1 amide bonds. The van der Waals surface area contributed by atoms with Crippen molar-refractivity contribution in [1.29, 1.82) is 0 Å². The van der Waals surface area contributed by atoms with Crippen molar-refractivity contribution in [3.05, 3.63) is 46.2 Å². The number of amides is 1. The van der Waals surface area contributed by atoms with Gasteiger partial charge in [-0.3, -0.25) is 4.79 Å². The molecule has 21 heavy (non-hydrogen) atoms. The summed E-state index contributed by atoms with van der Waals surface area (Å²) < 4.78 is 11.5.